The van der Waals surface area contributed by atoms with Gasteiger partial charge in [0.15, 0.2) is 0 Å². The lowest BCUT2D eigenvalue weighted by atomic mass is 9.87. The molecule has 2 saturated heterocycles. The molecule has 3 aliphatic rings. The second-order valence-electron chi connectivity index (χ2n) is 8.84. The molecule has 4 rings (SSSR count). The molecule has 2 heterocycles. The topological polar surface area (TPSA) is 86.0 Å². The van der Waals surface area contributed by atoms with Gasteiger partial charge in [0.2, 0.25) is 0 Å². The summed E-state index contributed by atoms with van der Waals surface area (Å²) in [5, 5.41) is 19.6. The summed E-state index contributed by atoms with van der Waals surface area (Å²) in [4.78, 5) is 16.3. The first kappa shape index (κ1) is 23.4. The van der Waals surface area contributed by atoms with Crippen LogP contribution < -0.4 is 4.74 Å². The van der Waals surface area contributed by atoms with Crippen LogP contribution in [0.15, 0.2) is 35.9 Å². The smallest absolute Gasteiger partial charge is 0.313 e. The van der Waals surface area contributed by atoms with Crippen molar-refractivity contribution in [2.24, 2.45) is 11.8 Å². The Balaban J connectivity index is 1.20. The maximum Gasteiger partial charge on any atom is 0.313 e. The summed E-state index contributed by atoms with van der Waals surface area (Å²) < 4.78 is 24.6. The van der Waals surface area contributed by atoms with Gasteiger partial charge in [0.1, 0.15) is 17.6 Å². The summed E-state index contributed by atoms with van der Waals surface area (Å²) in [6.45, 7) is 5.80. The number of halogens is 1. The number of cyclic esters (lactones) is 1. The van der Waals surface area contributed by atoms with E-state index >= 15 is 0 Å². The highest BCUT2D eigenvalue weighted by molar-refractivity contribution is 5.77. The predicted octanol–water partition coefficient (Wildman–Crippen LogP) is 2.42. The molecule has 1 aliphatic carbocycles. The Hall–Kier alpha value is -2.73. The number of aliphatic hydroxyl groups excluding tert-OH is 1. The van der Waals surface area contributed by atoms with Crippen molar-refractivity contribution in [2.45, 2.75) is 18.9 Å². The van der Waals surface area contributed by atoms with E-state index in [1.807, 2.05) is 12.1 Å². The lowest BCUT2D eigenvalue weighted by molar-refractivity contribution is -0.140. The van der Waals surface area contributed by atoms with Crippen molar-refractivity contribution in [3.05, 3.63) is 52.9 Å². The zero-order chi connectivity index (χ0) is 23.4. The van der Waals surface area contributed by atoms with Crippen LogP contribution in [0.25, 0.3) is 0 Å². The Morgan fingerprint density at radius 2 is 2.00 bits per heavy atom. The first-order valence-electron chi connectivity index (χ1n) is 11.4. The van der Waals surface area contributed by atoms with E-state index in [1.165, 1.54) is 18.7 Å². The van der Waals surface area contributed by atoms with E-state index < -0.39 is 11.9 Å². The highest BCUT2D eigenvalue weighted by atomic mass is 19.1. The molecule has 0 aromatic heterocycles. The van der Waals surface area contributed by atoms with E-state index in [0.29, 0.717) is 19.6 Å². The number of esters is 1. The third kappa shape index (κ3) is 5.44. The molecule has 7 nitrogen and oxygen atoms in total. The predicted molar refractivity (Wildman–Crippen MR) is 120 cm³/mol. The monoisotopic (exact) mass is 455 g/mol. The molecule has 8 heteroatoms. The van der Waals surface area contributed by atoms with Gasteiger partial charge in [-0.3, -0.25) is 4.79 Å². The SMILES string of the molecule is COc1cc(C(O)CCN2CCN(CCC3=CC4COC(=O)C4C=C3)CC2)c(F)cc1C#N. The second kappa shape index (κ2) is 10.5. The number of nitriles is 1. The Kier molecular flexibility index (Phi) is 7.43. The number of nitrogens with zero attached hydrogens (tertiary/aromatic N) is 3. The second-order valence-corrected chi connectivity index (χ2v) is 8.84. The third-order valence-corrected chi connectivity index (χ3v) is 6.80. The standard InChI is InChI=1S/C25H30FN3O4/c1-32-24-14-21(22(26)13-18(24)15-27)23(30)5-7-29-10-8-28(9-11-29)6-4-17-2-3-20-19(12-17)16-33-25(20)31/h2-3,12-14,19-20,23,30H,4-11,16H2,1H3. The number of hydrogen-bond acceptors (Lipinski definition) is 7. The van der Waals surface area contributed by atoms with Crippen molar-refractivity contribution in [1.29, 1.82) is 5.26 Å². The number of hydrogen-bond donors (Lipinski definition) is 1. The maximum absolute atomic E-state index is 14.3. The van der Waals surface area contributed by atoms with Gasteiger partial charge in [-0.15, -0.1) is 0 Å². The molecule has 0 amide bonds. The molecule has 33 heavy (non-hydrogen) atoms. The summed E-state index contributed by atoms with van der Waals surface area (Å²) >= 11 is 0. The van der Waals surface area contributed by atoms with Crippen molar-refractivity contribution >= 4 is 5.97 Å². The summed E-state index contributed by atoms with van der Waals surface area (Å²) in [7, 11) is 1.42. The molecule has 1 aromatic rings. The Morgan fingerprint density at radius 1 is 1.27 bits per heavy atom. The number of allylic oxidation sites excluding steroid dienone is 1. The number of methoxy groups -OCH3 is 1. The zero-order valence-electron chi connectivity index (χ0n) is 18.9. The molecule has 0 saturated carbocycles. The van der Waals surface area contributed by atoms with E-state index in [4.69, 9.17) is 14.7 Å². The molecular weight excluding hydrogens is 425 g/mol. The zero-order valence-corrected chi connectivity index (χ0v) is 18.9. The van der Waals surface area contributed by atoms with Gasteiger partial charge in [-0.2, -0.15) is 5.26 Å². The van der Waals surface area contributed by atoms with Crippen LogP contribution in [0.3, 0.4) is 0 Å². The molecule has 1 N–H and O–H groups in total. The van der Waals surface area contributed by atoms with Crippen molar-refractivity contribution in [3.8, 4) is 11.8 Å². The van der Waals surface area contributed by atoms with Gasteiger partial charge >= 0.3 is 5.97 Å². The molecular formula is C25H30FN3O4. The number of piperazine rings is 1. The Morgan fingerprint density at radius 3 is 2.70 bits per heavy atom. The lowest BCUT2D eigenvalue weighted by Crippen LogP contribution is -2.47. The van der Waals surface area contributed by atoms with Crippen LogP contribution >= 0.6 is 0 Å². The van der Waals surface area contributed by atoms with Crippen LogP contribution in [0, 0.1) is 29.0 Å². The number of ether oxygens (including phenoxy) is 2. The minimum absolute atomic E-state index is 0.105. The number of benzene rings is 1. The molecule has 176 valence electrons. The molecule has 0 spiro atoms. The Labute approximate surface area is 193 Å². The van der Waals surface area contributed by atoms with Crippen LogP contribution in [0.5, 0.6) is 5.75 Å². The van der Waals surface area contributed by atoms with Crippen molar-refractivity contribution in [2.75, 3.05) is 53.0 Å². The average molecular weight is 456 g/mol. The number of fused-ring (bicyclic) bond motifs is 1. The first-order chi connectivity index (χ1) is 16.0. The molecule has 2 aliphatic heterocycles. The first-order valence-corrected chi connectivity index (χ1v) is 11.4. The fraction of sp³-hybridized carbons (Fsp3) is 0.520. The summed E-state index contributed by atoms with van der Waals surface area (Å²) in [5.74, 6) is -0.357. The van der Waals surface area contributed by atoms with Gasteiger partial charge in [0.05, 0.1) is 31.3 Å². The van der Waals surface area contributed by atoms with Gasteiger partial charge in [0.25, 0.3) is 0 Å². The fourth-order valence-corrected chi connectivity index (χ4v) is 4.72. The molecule has 1 aromatic carbocycles. The van der Waals surface area contributed by atoms with Crippen molar-refractivity contribution < 1.29 is 23.8 Å². The van der Waals surface area contributed by atoms with Gasteiger partial charge in [-0.05, 0) is 25.0 Å². The minimum Gasteiger partial charge on any atom is -0.495 e. The fourth-order valence-electron chi connectivity index (χ4n) is 4.72. The van der Waals surface area contributed by atoms with E-state index in [0.717, 1.165) is 45.2 Å². The summed E-state index contributed by atoms with van der Waals surface area (Å²) in [5.41, 5.74) is 1.54. The van der Waals surface area contributed by atoms with Crippen molar-refractivity contribution in [1.82, 2.24) is 9.80 Å². The highest BCUT2D eigenvalue weighted by Crippen LogP contribution is 2.31. The van der Waals surface area contributed by atoms with E-state index in [9.17, 15) is 14.3 Å². The van der Waals surface area contributed by atoms with Crippen LogP contribution in [0.1, 0.15) is 30.1 Å². The Bertz CT molecular complexity index is 979. The van der Waals surface area contributed by atoms with Crippen molar-refractivity contribution in [3.63, 3.8) is 0 Å². The average Bonchev–Trinajstić information content (AvgIpc) is 3.21. The van der Waals surface area contributed by atoms with Crippen LogP contribution in [-0.4, -0.2) is 73.9 Å². The van der Waals surface area contributed by atoms with Crippen LogP contribution in [-0.2, 0) is 9.53 Å². The molecule has 0 radical (unpaired) electrons. The maximum atomic E-state index is 14.3. The van der Waals surface area contributed by atoms with Crippen LogP contribution in [0.4, 0.5) is 4.39 Å². The molecule has 0 bridgehead atoms. The van der Waals surface area contributed by atoms with Gasteiger partial charge in [-0.25, -0.2) is 4.39 Å². The molecule has 2 fully saturated rings. The summed E-state index contributed by atoms with van der Waals surface area (Å²) in [6.07, 6.45) is 6.63. The highest BCUT2D eigenvalue weighted by Gasteiger charge is 2.35. The number of carbonyl (C=O) groups excluding carboxylic acids is 1. The lowest BCUT2D eigenvalue weighted by Gasteiger charge is -2.35. The van der Waals surface area contributed by atoms with Gasteiger partial charge in [0, 0.05) is 50.7 Å². The largest absolute Gasteiger partial charge is 0.495 e. The normalized spacial score (nSPS) is 24.1. The van der Waals surface area contributed by atoms with E-state index in [-0.39, 0.29) is 34.7 Å². The van der Waals surface area contributed by atoms with E-state index in [2.05, 4.69) is 22.0 Å². The quantitative estimate of drug-likeness (QED) is 0.603. The third-order valence-electron chi connectivity index (χ3n) is 6.80. The summed E-state index contributed by atoms with van der Waals surface area (Å²) in [6, 6.07) is 4.43. The number of carbonyl (C=O) groups is 1. The van der Waals surface area contributed by atoms with Gasteiger partial charge < -0.3 is 24.4 Å². The molecule has 3 atom stereocenters. The minimum atomic E-state index is -0.954. The number of rotatable bonds is 8. The van der Waals surface area contributed by atoms with Crippen LogP contribution in [0.2, 0.25) is 0 Å². The van der Waals surface area contributed by atoms with Gasteiger partial charge in [-0.1, -0.05) is 23.8 Å². The number of aliphatic hydroxyl groups is 1. The van der Waals surface area contributed by atoms with E-state index in [1.54, 1.807) is 0 Å². The molecule has 3 unspecified atom stereocenters.